The summed E-state index contributed by atoms with van der Waals surface area (Å²) in [5, 5.41) is 3.68. The quantitative estimate of drug-likeness (QED) is 0.718. The number of hydrogen-bond donors (Lipinski definition) is 1. The fourth-order valence-corrected chi connectivity index (χ4v) is 2.59. The predicted octanol–water partition coefficient (Wildman–Crippen LogP) is 2.89. The van der Waals surface area contributed by atoms with Gasteiger partial charge in [-0.3, -0.25) is 0 Å². The zero-order chi connectivity index (χ0) is 11.8. The first-order valence-electron chi connectivity index (χ1n) is 7.22. The van der Waals surface area contributed by atoms with Crippen LogP contribution in [0.2, 0.25) is 0 Å². The molecule has 1 unspecified atom stereocenters. The van der Waals surface area contributed by atoms with Crippen molar-refractivity contribution in [2.45, 2.75) is 58.9 Å². The van der Waals surface area contributed by atoms with E-state index in [4.69, 9.17) is 0 Å². The number of rotatable bonds is 7. The van der Waals surface area contributed by atoms with Gasteiger partial charge in [-0.1, -0.05) is 27.2 Å². The van der Waals surface area contributed by atoms with E-state index < -0.39 is 0 Å². The van der Waals surface area contributed by atoms with E-state index in [1.165, 1.54) is 58.3 Å². The van der Waals surface area contributed by atoms with Crippen molar-refractivity contribution in [1.82, 2.24) is 10.2 Å². The second kappa shape index (κ2) is 8.08. The highest BCUT2D eigenvalue weighted by molar-refractivity contribution is 4.71. The van der Waals surface area contributed by atoms with Gasteiger partial charge in [0.1, 0.15) is 0 Å². The number of nitrogens with zero attached hydrogens (tertiary/aromatic N) is 1. The van der Waals surface area contributed by atoms with Crippen molar-refractivity contribution in [2.75, 3.05) is 26.2 Å². The highest BCUT2D eigenvalue weighted by atomic mass is 15.1. The third-order valence-electron chi connectivity index (χ3n) is 3.76. The minimum absolute atomic E-state index is 0.726. The van der Waals surface area contributed by atoms with Crippen molar-refractivity contribution >= 4 is 0 Å². The lowest BCUT2D eigenvalue weighted by molar-refractivity contribution is 0.197. The lowest BCUT2D eigenvalue weighted by Crippen LogP contribution is -2.39. The maximum atomic E-state index is 3.68. The third kappa shape index (κ3) is 5.31. The molecule has 0 saturated carbocycles. The fraction of sp³-hybridized carbons (Fsp3) is 1.00. The Bertz CT molecular complexity index is 160. The Morgan fingerprint density at radius 3 is 2.25 bits per heavy atom. The van der Waals surface area contributed by atoms with E-state index in [0.717, 1.165) is 12.0 Å². The molecule has 1 atom stereocenters. The molecular formula is C14H30N2. The first-order valence-corrected chi connectivity index (χ1v) is 7.22. The van der Waals surface area contributed by atoms with Gasteiger partial charge in [0.05, 0.1) is 0 Å². The van der Waals surface area contributed by atoms with Crippen LogP contribution >= 0.6 is 0 Å². The Morgan fingerprint density at radius 1 is 1.06 bits per heavy atom. The van der Waals surface area contributed by atoms with E-state index in [0.29, 0.717) is 0 Å². The van der Waals surface area contributed by atoms with Crippen molar-refractivity contribution in [3.05, 3.63) is 0 Å². The zero-order valence-corrected chi connectivity index (χ0v) is 11.5. The largest absolute Gasteiger partial charge is 0.314 e. The first-order chi connectivity index (χ1) is 7.76. The van der Waals surface area contributed by atoms with Crippen LogP contribution in [-0.2, 0) is 0 Å². The molecule has 0 spiro atoms. The Labute approximate surface area is 102 Å². The molecule has 0 bridgehead atoms. The number of likely N-dealkylation sites (tertiary alicyclic amines) is 1. The maximum Gasteiger partial charge on any atom is 0.00619 e. The first kappa shape index (κ1) is 14.0. The Kier molecular flexibility index (Phi) is 7.06. The highest BCUT2D eigenvalue weighted by Crippen LogP contribution is 2.10. The molecule has 2 nitrogen and oxygen atoms in total. The molecular weight excluding hydrogens is 196 g/mol. The minimum atomic E-state index is 0.726. The molecule has 1 N–H and O–H groups in total. The fourth-order valence-electron chi connectivity index (χ4n) is 2.59. The normalized spacial score (nSPS) is 20.2. The second-order valence-corrected chi connectivity index (χ2v) is 5.39. The summed E-state index contributed by atoms with van der Waals surface area (Å²) in [7, 11) is 0. The van der Waals surface area contributed by atoms with Gasteiger partial charge in [0.2, 0.25) is 0 Å². The lowest BCUT2D eigenvalue weighted by atomic mass is 10.1. The number of piperidine rings is 1. The predicted molar refractivity (Wildman–Crippen MR) is 71.8 cm³/mol. The van der Waals surface area contributed by atoms with E-state index in [2.05, 4.69) is 31.0 Å². The Balaban J connectivity index is 2.11. The monoisotopic (exact) mass is 226 g/mol. The molecule has 2 heteroatoms. The van der Waals surface area contributed by atoms with E-state index in [9.17, 15) is 0 Å². The molecule has 0 aromatic rings. The topological polar surface area (TPSA) is 15.3 Å². The van der Waals surface area contributed by atoms with Gasteiger partial charge >= 0.3 is 0 Å². The molecule has 96 valence electrons. The van der Waals surface area contributed by atoms with Gasteiger partial charge in [-0.25, -0.2) is 0 Å². The number of nitrogens with one attached hydrogen (secondary N) is 1. The van der Waals surface area contributed by atoms with Crippen LogP contribution < -0.4 is 5.32 Å². The van der Waals surface area contributed by atoms with Crippen molar-refractivity contribution in [1.29, 1.82) is 0 Å². The van der Waals surface area contributed by atoms with E-state index >= 15 is 0 Å². The molecule has 1 fully saturated rings. The van der Waals surface area contributed by atoms with Crippen molar-refractivity contribution in [3.63, 3.8) is 0 Å². The molecule has 16 heavy (non-hydrogen) atoms. The molecule has 0 amide bonds. The molecule has 0 radical (unpaired) electrons. The molecule has 0 aromatic heterocycles. The van der Waals surface area contributed by atoms with Gasteiger partial charge in [-0.15, -0.1) is 0 Å². The van der Waals surface area contributed by atoms with Crippen LogP contribution in [0.25, 0.3) is 0 Å². The van der Waals surface area contributed by atoms with Gasteiger partial charge < -0.3 is 10.2 Å². The van der Waals surface area contributed by atoms with Gasteiger partial charge in [0.15, 0.2) is 0 Å². The second-order valence-electron chi connectivity index (χ2n) is 5.39. The van der Waals surface area contributed by atoms with Gasteiger partial charge in [0, 0.05) is 12.6 Å². The summed E-state index contributed by atoms with van der Waals surface area (Å²) in [4.78, 5) is 2.64. The minimum Gasteiger partial charge on any atom is -0.314 e. The average molecular weight is 226 g/mol. The standard InChI is InChI=1S/C14H30N2/c1-4-14(5-2)15-11-13(3)12-16-9-7-6-8-10-16/h13-15H,4-12H2,1-3H3. The molecule has 1 rings (SSSR count). The SMILES string of the molecule is CCC(CC)NCC(C)CN1CCCCC1. The molecule has 0 aromatic carbocycles. The van der Waals surface area contributed by atoms with Crippen molar-refractivity contribution in [2.24, 2.45) is 5.92 Å². The molecule has 1 aliphatic rings. The lowest BCUT2D eigenvalue weighted by Gasteiger charge is -2.29. The van der Waals surface area contributed by atoms with Crippen LogP contribution in [0.15, 0.2) is 0 Å². The van der Waals surface area contributed by atoms with Crippen LogP contribution in [0.4, 0.5) is 0 Å². The summed E-state index contributed by atoms with van der Waals surface area (Å²) < 4.78 is 0. The summed E-state index contributed by atoms with van der Waals surface area (Å²) in [5.41, 5.74) is 0. The molecule has 1 heterocycles. The molecule has 1 aliphatic heterocycles. The van der Waals surface area contributed by atoms with Gasteiger partial charge in [-0.2, -0.15) is 0 Å². The average Bonchev–Trinajstić information content (AvgIpc) is 2.31. The summed E-state index contributed by atoms with van der Waals surface area (Å²) in [6.45, 7) is 12.1. The Morgan fingerprint density at radius 2 is 1.69 bits per heavy atom. The van der Waals surface area contributed by atoms with Crippen LogP contribution in [0.5, 0.6) is 0 Å². The molecule has 1 saturated heterocycles. The maximum absolute atomic E-state index is 3.68. The summed E-state index contributed by atoms with van der Waals surface area (Å²) >= 11 is 0. The highest BCUT2D eigenvalue weighted by Gasteiger charge is 2.13. The van der Waals surface area contributed by atoms with Crippen LogP contribution in [-0.4, -0.2) is 37.1 Å². The summed E-state index contributed by atoms with van der Waals surface area (Å²) in [6.07, 6.45) is 6.77. The third-order valence-corrected chi connectivity index (χ3v) is 3.76. The van der Waals surface area contributed by atoms with Crippen LogP contribution in [0.1, 0.15) is 52.9 Å². The van der Waals surface area contributed by atoms with E-state index in [-0.39, 0.29) is 0 Å². The Hall–Kier alpha value is -0.0800. The van der Waals surface area contributed by atoms with Gasteiger partial charge in [0.25, 0.3) is 0 Å². The van der Waals surface area contributed by atoms with E-state index in [1.807, 2.05) is 0 Å². The smallest absolute Gasteiger partial charge is 0.00619 e. The van der Waals surface area contributed by atoms with E-state index in [1.54, 1.807) is 0 Å². The van der Waals surface area contributed by atoms with Crippen LogP contribution in [0.3, 0.4) is 0 Å². The van der Waals surface area contributed by atoms with Gasteiger partial charge in [-0.05, 0) is 51.2 Å². The van der Waals surface area contributed by atoms with Crippen molar-refractivity contribution in [3.8, 4) is 0 Å². The number of hydrogen-bond acceptors (Lipinski definition) is 2. The van der Waals surface area contributed by atoms with Crippen LogP contribution in [0, 0.1) is 5.92 Å². The van der Waals surface area contributed by atoms with Crippen molar-refractivity contribution < 1.29 is 0 Å². The summed E-state index contributed by atoms with van der Waals surface area (Å²) in [5.74, 6) is 0.790. The zero-order valence-electron chi connectivity index (χ0n) is 11.5. The molecule has 0 aliphatic carbocycles. The summed E-state index contributed by atoms with van der Waals surface area (Å²) in [6, 6.07) is 0.726.